The first kappa shape index (κ1) is 14.3. The standard InChI is InChI=1S/C13H20N2O3/c1-9(2)18-12-6-4-3-5-11(12)15-8-7-10(14)13(16)17/h3-6,9-10,15H,7-8,14H2,1-2H3,(H,16,17). The molecule has 1 aromatic rings. The Kier molecular flexibility index (Phi) is 5.45. The number of carboxylic acid groups (broad SMARTS) is 1. The van der Waals surface area contributed by atoms with Gasteiger partial charge < -0.3 is 20.9 Å². The summed E-state index contributed by atoms with van der Waals surface area (Å²) in [5.41, 5.74) is 6.28. The van der Waals surface area contributed by atoms with Gasteiger partial charge in [0.05, 0.1) is 11.8 Å². The van der Waals surface area contributed by atoms with Gasteiger partial charge in [-0.25, -0.2) is 0 Å². The zero-order chi connectivity index (χ0) is 13.5. The number of aliphatic carboxylic acids is 1. The Balaban J connectivity index is 2.53. The summed E-state index contributed by atoms with van der Waals surface area (Å²) in [6, 6.07) is 6.72. The molecule has 0 saturated heterocycles. The van der Waals surface area contributed by atoms with Crippen LogP contribution in [0.25, 0.3) is 0 Å². The van der Waals surface area contributed by atoms with E-state index in [-0.39, 0.29) is 6.10 Å². The second-order valence-corrected chi connectivity index (χ2v) is 4.32. The van der Waals surface area contributed by atoms with Gasteiger partial charge in [-0.3, -0.25) is 4.79 Å². The molecule has 4 N–H and O–H groups in total. The number of nitrogens with two attached hydrogens (primary N) is 1. The summed E-state index contributed by atoms with van der Waals surface area (Å²) in [5, 5.41) is 11.8. The largest absolute Gasteiger partial charge is 0.489 e. The molecule has 5 heteroatoms. The lowest BCUT2D eigenvalue weighted by molar-refractivity contribution is -0.138. The fraction of sp³-hybridized carbons (Fsp3) is 0.462. The molecule has 0 bridgehead atoms. The molecule has 1 aromatic carbocycles. The molecule has 0 heterocycles. The molecule has 0 spiro atoms. The molecule has 0 saturated carbocycles. The smallest absolute Gasteiger partial charge is 0.320 e. The van der Waals surface area contributed by atoms with Gasteiger partial charge in [-0.2, -0.15) is 0 Å². The van der Waals surface area contributed by atoms with Gasteiger partial charge in [0.15, 0.2) is 0 Å². The van der Waals surface area contributed by atoms with Crippen LogP contribution in [0, 0.1) is 0 Å². The van der Waals surface area contributed by atoms with Crippen LogP contribution < -0.4 is 15.8 Å². The molecule has 0 amide bonds. The van der Waals surface area contributed by atoms with Gasteiger partial charge in [0, 0.05) is 6.54 Å². The lowest BCUT2D eigenvalue weighted by atomic mass is 10.2. The lowest BCUT2D eigenvalue weighted by Crippen LogP contribution is -2.32. The molecule has 0 aliphatic rings. The zero-order valence-corrected chi connectivity index (χ0v) is 10.7. The van der Waals surface area contributed by atoms with Gasteiger partial charge in [-0.05, 0) is 32.4 Å². The van der Waals surface area contributed by atoms with E-state index in [1.54, 1.807) is 0 Å². The van der Waals surface area contributed by atoms with E-state index >= 15 is 0 Å². The van der Waals surface area contributed by atoms with Crippen molar-refractivity contribution in [2.75, 3.05) is 11.9 Å². The topological polar surface area (TPSA) is 84.6 Å². The minimum absolute atomic E-state index is 0.0919. The van der Waals surface area contributed by atoms with Crippen LogP contribution >= 0.6 is 0 Å². The average Bonchev–Trinajstić information content (AvgIpc) is 2.30. The average molecular weight is 252 g/mol. The maximum atomic E-state index is 10.6. The van der Waals surface area contributed by atoms with Crippen LogP contribution in [-0.2, 0) is 4.79 Å². The molecular weight excluding hydrogens is 232 g/mol. The monoisotopic (exact) mass is 252 g/mol. The molecular formula is C13H20N2O3. The maximum absolute atomic E-state index is 10.6. The molecule has 0 aliphatic heterocycles. The van der Waals surface area contributed by atoms with Crippen LogP contribution in [0.2, 0.25) is 0 Å². The normalized spacial score (nSPS) is 12.2. The second-order valence-electron chi connectivity index (χ2n) is 4.32. The van der Waals surface area contributed by atoms with E-state index in [9.17, 15) is 4.79 Å². The summed E-state index contributed by atoms with van der Waals surface area (Å²) < 4.78 is 5.64. The molecule has 0 radical (unpaired) electrons. The first-order valence-corrected chi connectivity index (χ1v) is 5.98. The first-order valence-electron chi connectivity index (χ1n) is 5.98. The predicted octanol–water partition coefficient (Wildman–Crippen LogP) is 1.69. The Labute approximate surface area is 107 Å². The number of anilines is 1. The molecule has 1 atom stereocenters. The van der Waals surface area contributed by atoms with Crippen LogP contribution in [0.4, 0.5) is 5.69 Å². The number of benzene rings is 1. The summed E-state index contributed by atoms with van der Waals surface area (Å²) in [7, 11) is 0. The van der Waals surface area contributed by atoms with Crippen molar-refractivity contribution >= 4 is 11.7 Å². The van der Waals surface area contributed by atoms with Gasteiger partial charge in [0.2, 0.25) is 0 Å². The van der Waals surface area contributed by atoms with Crippen molar-refractivity contribution in [3.05, 3.63) is 24.3 Å². The molecule has 5 nitrogen and oxygen atoms in total. The van der Waals surface area contributed by atoms with Crippen molar-refractivity contribution in [2.45, 2.75) is 32.4 Å². The van der Waals surface area contributed by atoms with Crippen LogP contribution in [0.3, 0.4) is 0 Å². The summed E-state index contributed by atoms with van der Waals surface area (Å²) in [4.78, 5) is 10.6. The van der Waals surface area contributed by atoms with Gasteiger partial charge in [-0.1, -0.05) is 12.1 Å². The lowest BCUT2D eigenvalue weighted by Gasteiger charge is -2.15. The second kappa shape index (κ2) is 6.86. The van der Waals surface area contributed by atoms with Crippen LogP contribution in [-0.4, -0.2) is 29.8 Å². The molecule has 1 rings (SSSR count). The van der Waals surface area contributed by atoms with Crippen molar-refractivity contribution in [1.82, 2.24) is 0 Å². The molecule has 18 heavy (non-hydrogen) atoms. The number of nitrogens with one attached hydrogen (secondary N) is 1. The van der Waals surface area contributed by atoms with Crippen molar-refractivity contribution in [2.24, 2.45) is 5.73 Å². The van der Waals surface area contributed by atoms with E-state index in [1.807, 2.05) is 38.1 Å². The third-order valence-electron chi connectivity index (χ3n) is 2.34. The zero-order valence-electron chi connectivity index (χ0n) is 10.7. The van der Waals surface area contributed by atoms with E-state index in [2.05, 4.69) is 5.32 Å². The number of para-hydroxylation sites is 2. The minimum Gasteiger partial charge on any atom is -0.489 e. The first-order chi connectivity index (χ1) is 8.50. The predicted molar refractivity (Wildman–Crippen MR) is 70.9 cm³/mol. The van der Waals surface area contributed by atoms with E-state index in [0.29, 0.717) is 13.0 Å². The Morgan fingerprint density at radius 1 is 1.44 bits per heavy atom. The Morgan fingerprint density at radius 3 is 2.72 bits per heavy atom. The highest BCUT2D eigenvalue weighted by atomic mass is 16.5. The van der Waals surface area contributed by atoms with E-state index in [0.717, 1.165) is 11.4 Å². The number of rotatable bonds is 7. The Bertz CT molecular complexity index is 394. The highest BCUT2D eigenvalue weighted by Crippen LogP contribution is 2.24. The Hall–Kier alpha value is -1.75. The van der Waals surface area contributed by atoms with E-state index < -0.39 is 12.0 Å². The van der Waals surface area contributed by atoms with Crippen molar-refractivity contribution < 1.29 is 14.6 Å². The van der Waals surface area contributed by atoms with Crippen molar-refractivity contribution in [1.29, 1.82) is 0 Å². The third-order valence-corrected chi connectivity index (χ3v) is 2.34. The molecule has 100 valence electrons. The summed E-state index contributed by atoms with van der Waals surface area (Å²) in [6.07, 6.45) is 0.458. The van der Waals surface area contributed by atoms with E-state index in [1.165, 1.54) is 0 Å². The van der Waals surface area contributed by atoms with Crippen LogP contribution in [0.15, 0.2) is 24.3 Å². The number of hydrogen-bond acceptors (Lipinski definition) is 4. The van der Waals surface area contributed by atoms with E-state index in [4.69, 9.17) is 15.6 Å². The fourth-order valence-corrected chi connectivity index (χ4v) is 1.46. The van der Waals surface area contributed by atoms with Crippen molar-refractivity contribution in [3.63, 3.8) is 0 Å². The SMILES string of the molecule is CC(C)Oc1ccccc1NCCC(N)C(=O)O. The van der Waals surface area contributed by atoms with Crippen LogP contribution in [0.1, 0.15) is 20.3 Å². The Morgan fingerprint density at radius 2 is 2.11 bits per heavy atom. The maximum Gasteiger partial charge on any atom is 0.320 e. The third kappa shape index (κ3) is 4.63. The van der Waals surface area contributed by atoms with Gasteiger partial charge in [-0.15, -0.1) is 0 Å². The van der Waals surface area contributed by atoms with Gasteiger partial charge in [0.1, 0.15) is 11.8 Å². The summed E-state index contributed by atoms with van der Waals surface area (Å²) >= 11 is 0. The van der Waals surface area contributed by atoms with Gasteiger partial charge >= 0.3 is 5.97 Å². The minimum atomic E-state index is -0.983. The number of carboxylic acids is 1. The van der Waals surface area contributed by atoms with Crippen molar-refractivity contribution in [3.8, 4) is 5.75 Å². The summed E-state index contributed by atoms with van der Waals surface area (Å²) in [5.74, 6) is -0.222. The number of carbonyl (C=O) groups is 1. The van der Waals surface area contributed by atoms with Gasteiger partial charge in [0.25, 0.3) is 0 Å². The number of hydrogen-bond donors (Lipinski definition) is 3. The molecule has 0 aliphatic carbocycles. The molecule has 0 aromatic heterocycles. The molecule has 0 fully saturated rings. The highest BCUT2D eigenvalue weighted by Gasteiger charge is 2.11. The number of ether oxygens (including phenoxy) is 1. The quantitative estimate of drug-likeness (QED) is 0.687. The highest BCUT2D eigenvalue weighted by molar-refractivity contribution is 5.73. The fourth-order valence-electron chi connectivity index (χ4n) is 1.46. The molecule has 1 unspecified atom stereocenters. The summed E-state index contributed by atoms with van der Waals surface area (Å²) in [6.45, 7) is 4.40. The van der Waals surface area contributed by atoms with Crippen LogP contribution in [0.5, 0.6) is 5.75 Å².